The average molecular weight is 335 g/mol. The van der Waals surface area contributed by atoms with E-state index in [1.807, 2.05) is 0 Å². The molecule has 1 aromatic rings. The topological polar surface area (TPSA) is 49.4 Å². The van der Waals surface area contributed by atoms with E-state index >= 15 is 0 Å². The first kappa shape index (κ1) is 18.1. The molecular weight excluding hydrogens is 315 g/mol. The number of nitrogens with one attached hydrogen (secondary N) is 1. The predicted octanol–water partition coefficient (Wildman–Crippen LogP) is 2.78. The minimum Gasteiger partial charge on any atom is -0.316 e. The number of sulfonamides is 1. The summed E-state index contributed by atoms with van der Waals surface area (Å²) in [4.78, 5) is -0.407. The Bertz CT molecular complexity index is 618. The summed E-state index contributed by atoms with van der Waals surface area (Å²) in [5, 5.41) is 2.97. The zero-order chi connectivity index (χ0) is 16.2. The van der Waals surface area contributed by atoms with Gasteiger partial charge in [-0.1, -0.05) is 17.7 Å². The summed E-state index contributed by atoms with van der Waals surface area (Å²) in [6.45, 7) is 7.28. The predicted molar refractivity (Wildman–Crippen MR) is 83.4 cm³/mol. The Morgan fingerprint density at radius 3 is 2.57 bits per heavy atom. The van der Waals surface area contributed by atoms with Crippen LogP contribution in [0.5, 0.6) is 0 Å². The highest BCUT2D eigenvalue weighted by atomic mass is 35.5. The van der Waals surface area contributed by atoms with Gasteiger partial charge in [0.05, 0.1) is 0 Å². The highest BCUT2D eigenvalue weighted by molar-refractivity contribution is 7.89. The molecule has 0 spiro atoms. The third-order valence-electron chi connectivity index (χ3n) is 2.92. The lowest BCUT2D eigenvalue weighted by molar-refractivity contribution is 0.380. The summed E-state index contributed by atoms with van der Waals surface area (Å²) >= 11 is 5.93. The standard InChI is InChI=1S/C14H20ClFN2O2S/c1-5-6-18(10(2)3)21(19,20)13-8-12(15)7-11(9-17-4)14(13)16/h5,7-8,10,17H,1,6,9H2,2-4H3. The van der Waals surface area contributed by atoms with Crippen LogP contribution < -0.4 is 5.32 Å². The van der Waals surface area contributed by atoms with Crippen molar-refractivity contribution in [2.24, 2.45) is 0 Å². The number of halogens is 2. The van der Waals surface area contributed by atoms with Gasteiger partial charge >= 0.3 is 0 Å². The molecule has 0 saturated carbocycles. The first-order chi connectivity index (χ1) is 9.75. The molecule has 4 nitrogen and oxygen atoms in total. The van der Waals surface area contributed by atoms with E-state index in [2.05, 4.69) is 11.9 Å². The van der Waals surface area contributed by atoms with Gasteiger partial charge in [-0.15, -0.1) is 6.58 Å². The number of hydrogen-bond donors (Lipinski definition) is 1. The molecule has 0 radical (unpaired) electrons. The van der Waals surface area contributed by atoms with E-state index in [-0.39, 0.29) is 29.7 Å². The van der Waals surface area contributed by atoms with Crippen molar-refractivity contribution < 1.29 is 12.8 Å². The van der Waals surface area contributed by atoms with Gasteiger partial charge in [0.15, 0.2) is 0 Å². The van der Waals surface area contributed by atoms with Crippen LogP contribution in [-0.4, -0.2) is 32.4 Å². The number of benzene rings is 1. The van der Waals surface area contributed by atoms with Crippen molar-refractivity contribution >= 4 is 21.6 Å². The Morgan fingerprint density at radius 2 is 2.10 bits per heavy atom. The largest absolute Gasteiger partial charge is 0.316 e. The van der Waals surface area contributed by atoms with Crippen molar-refractivity contribution in [2.75, 3.05) is 13.6 Å². The van der Waals surface area contributed by atoms with Crippen molar-refractivity contribution in [3.8, 4) is 0 Å². The third-order valence-corrected chi connectivity index (χ3v) is 5.18. The maximum Gasteiger partial charge on any atom is 0.246 e. The number of nitrogens with zero attached hydrogens (tertiary/aromatic N) is 1. The van der Waals surface area contributed by atoms with Crippen LogP contribution in [0.3, 0.4) is 0 Å². The zero-order valence-electron chi connectivity index (χ0n) is 12.4. The van der Waals surface area contributed by atoms with Crippen molar-refractivity contribution in [1.82, 2.24) is 9.62 Å². The lowest BCUT2D eigenvalue weighted by atomic mass is 10.2. The highest BCUT2D eigenvalue weighted by Gasteiger charge is 2.30. The van der Waals surface area contributed by atoms with Gasteiger partial charge in [0.2, 0.25) is 10.0 Å². The smallest absolute Gasteiger partial charge is 0.246 e. The van der Waals surface area contributed by atoms with Gasteiger partial charge in [0, 0.05) is 29.7 Å². The maximum absolute atomic E-state index is 14.5. The molecule has 0 bridgehead atoms. The fourth-order valence-corrected chi connectivity index (χ4v) is 4.01. The molecule has 21 heavy (non-hydrogen) atoms. The SMILES string of the molecule is C=CCN(C(C)C)S(=O)(=O)c1cc(Cl)cc(CNC)c1F. The summed E-state index contributed by atoms with van der Waals surface area (Å²) in [6.07, 6.45) is 1.47. The molecule has 0 atom stereocenters. The molecule has 0 aliphatic carbocycles. The molecular formula is C14H20ClFN2O2S. The van der Waals surface area contributed by atoms with Gasteiger partial charge in [-0.25, -0.2) is 12.8 Å². The summed E-state index contributed by atoms with van der Waals surface area (Å²) in [5.41, 5.74) is 0.214. The van der Waals surface area contributed by atoms with Gasteiger partial charge in [-0.3, -0.25) is 0 Å². The van der Waals surface area contributed by atoms with E-state index in [4.69, 9.17) is 11.6 Å². The molecule has 0 amide bonds. The summed E-state index contributed by atoms with van der Waals surface area (Å²) in [7, 11) is -2.34. The van der Waals surface area contributed by atoms with E-state index < -0.39 is 20.7 Å². The fraction of sp³-hybridized carbons (Fsp3) is 0.429. The van der Waals surface area contributed by atoms with Crippen LogP contribution in [0.4, 0.5) is 4.39 Å². The van der Waals surface area contributed by atoms with Crippen LogP contribution in [0, 0.1) is 5.82 Å². The quantitative estimate of drug-likeness (QED) is 0.780. The Kier molecular flexibility index (Phi) is 6.34. The van der Waals surface area contributed by atoms with Crippen LogP contribution >= 0.6 is 11.6 Å². The molecule has 1 rings (SSSR count). The lowest BCUT2D eigenvalue weighted by Crippen LogP contribution is -2.37. The van der Waals surface area contributed by atoms with Crippen LogP contribution in [0.15, 0.2) is 29.7 Å². The lowest BCUT2D eigenvalue weighted by Gasteiger charge is -2.25. The molecule has 0 aromatic heterocycles. The van der Waals surface area contributed by atoms with Crippen molar-refractivity contribution in [3.63, 3.8) is 0 Å². The van der Waals surface area contributed by atoms with Gasteiger partial charge < -0.3 is 5.32 Å². The Balaban J connectivity index is 3.46. The van der Waals surface area contributed by atoms with Crippen LogP contribution in [0.25, 0.3) is 0 Å². The summed E-state index contributed by atoms with van der Waals surface area (Å²) in [6, 6.07) is 2.24. The minimum atomic E-state index is -3.98. The average Bonchev–Trinajstić information content (AvgIpc) is 2.39. The van der Waals surface area contributed by atoms with E-state index in [1.54, 1.807) is 20.9 Å². The Hall–Kier alpha value is -0.950. The molecule has 0 saturated heterocycles. The van der Waals surface area contributed by atoms with E-state index in [9.17, 15) is 12.8 Å². The molecule has 0 unspecified atom stereocenters. The molecule has 118 valence electrons. The van der Waals surface area contributed by atoms with Crippen molar-refractivity contribution in [3.05, 3.63) is 41.2 Å². The Labute approximate surface area is 130 Å². The first-order valence-corrected chi connectivity index (χ1v) is 8.32. The van der Waals surface area contributed by atoms with E-state index in [0.717, 1.165) is 6.07 Å². The minimum absolute atomic E-state index is 0.104. The second kappa shape index (κ2) is 7.35. The van der Waals surface area contributed by atoms with Gasteiger partial charge in [0.25, 0.3) is 0 Å². The zero-order valence-corrected chi connectivity index (χ0v) is 13.9. The van der Waals surface area contributed by atoms with Gasteiger partial charge in [-0.2, -0.15) is 4.31 Å². The van der Waals surface area contributed by atoms with Crippen molar-refractivity contribution in [1.29, 1.82) is 0 Å². The molecule has 0 fully saturated rings. The van der Waals surface area contributed by atoms with Crippen LogP contribution in [-0.2, 0) is 16.6 Å². The Morgan fingerprint density at radius 1 is 1.48 bits per heavy atom. The van der Waals surface area contributed by atoms with Gasteiger partial charge in [0.1, 0.15) is 10.7 Å². The van der Waals surface area contributed by atoms with Crippen LogP contribution in [0.1, 0.15) is 19.4 Å². The third kappa shape index (κ3) is 4.03. The second-order valence-electron chi connectivity index (χ2n) is 4.86. The van der Waals surface area contributed by atoms with Gasteiger partial charge in [-0.05, 0) is 33.0 Å². The molecule has 7 heteroatoms. The van der Waals surface area contributed by atoms with Crippen molar-refractivity contribution in [2.45, 2.75) is 31.3 Å². The fourth-order valence-electron chi connectivity index (χ4n) is 1.97. The van der Waals surface area contributed by atoms with E-state index in [0.29, 0.717) is 0 Å². The second-order valence-corrected chi connectivity index (χ2v) is 7.16. The first-order valence-electron chi connectivity index (χ1n) is 6.51. The number of hydrogen-bond acceptors (Lipinski definition) is 3. The molecule has 1 aromatic carbocycles. The normalized spacial score (nSPS) is 12.1. The number of rotatable bonds is 7. The summed E-state index contributed by atoms with van der Waals surface area (Å²) in [5.74, 6) is -0.775. The molecule has 0 aliphatic heterocycles. The monoisotopic (exact) mass is 334 g/mol. The molecule has 0 heterocycles. The maximum atomic E-state index is 14.5. The van der Waals surface area contributed by atoms with E-state index in [1.165, 1.54) is 16.4 Å². The summed E-state index contributed by atoms with van der Waals surface area (Å²) < 4.78 is 41.0. The molecule has 1 N–H and O–H groups in total. The molecule has 0 aliphatic rings. The highest BCUT2D eigenvalue weighted by Crippen LogP contribution is 2.27. The van der Waals surface area contributed by atoms with Crippen LogP contribution in [0.2, 0.25) is 5.02 Å².